The normalized spacial score (nSPS) is 14.3. The first kappa shape index (κ1) is 23.4. The van der Waals surface area contributed by atoms with E-state index in [1.165, 1.54) is 32.1 Å². The molecule has 0 saturated heterocycles. The summed E-state index contributed by atoms with van der Waals surface area (Å²) in [4.78, 5) is 16.6. The third-order valence-corrected chi connectivity index (χ3v) is 5.20. The highest BCUT2D eigenvalue weighted by Crippen LogP contribution is 2.29. The Bertz CT molecular complexity index is 963. The van der Waals surface area contributed by atoms with Gasteiger partial charge >= 0.3 is 5.97 Å². The van der Waals surface area contributed by atoms with Gasteiger partial charge in [0.1, 0.15) is 5.75 Å². The Morgan fingerprint density at radius 1 is 0.906 bits per heavy atom. The predicted molar refractivity (Wildman–Crippen MR) is 125 cm³/mol. The van der Waals surface area contributed by atoms with Gasteiger partial charge in [-0.1, -0.05) is 51.2 Å². The first-order valence-electron chi connectivity index (χ1n) is 11.1. The molecule has 0 fully saturated rings. The molecule has 6 heteroatoms. The molecule has 2 aromatic rings. The summed E-state index contributed by atoms with van der Waals surface area (Å²) in [5.41, 5.74) is 1.73. The number of rotatable bonds is 12. The predicted octanol–water partition coefficient (Wildman–Crippen LogP) is 5.79. The minimum Gasteiger partial charge on any atom is -0.494 e. The van der Waals surface area contributed by atoms with E-state index in [0.717, 1.165) is 24.3 Å². The van der Waals surface area contributed by atoms with Gasteiger partial charge < -0.3 is 18.9 Å². The fourth-order valence-corrected chi connectivity index (χ4v) is 3.39. The summed E-state index contributed by atoms with van der Waals surface area (Å²) in [6.07, 6.45) is 9.12. The Hall–Kier alpha value is -3.28. The van der Waals surface area contributed by atoms with Crippen molar-refractivity contribution in [1.29, 1.82) is 0 Å². The highest BCUT2D eigenvalue weighted by Gasteiger charge is 2.25. The van der Waals surface area contributed by atoms with Crippen LogP contribution in [-0.4, -0.2) is 32.7 Å². The summed E-state index contributed by atoms with van der Waals surface area (Å²) in [5, 5.41) is 0. The van der Waals surface area contributed by atoms with Gasteiger partial charge in [-0.3, -0.25) is 0 Å². The molecule has 1 aliphatic heterocycles. The molecular weight excluding hydrogens is 406 g/mol. The smallest absolute Gasteiger partial charge is 0.363 e. The molecule has 0 amide bonds. The highest BCUT2D eigenvalue weighted by atomic mass is 16.6. The molecule has 1 heterocycles. The van der Waals surface area contributed by atoms with E-state index in [4.69, 9.17) is 18.9 Å². The van der Waals surface area contributed by atoms with Crippen LogP contribution in [0.1, 0.15) is 56.6 Å². The van der Waals surface area contributed by atoms with Crippen LogP contribution in [0.3, 0.4) is 0 Å². The summed E-state index contributed by atoms with van der Waals surface area (Å²) >= 11 is 0. The van der Waals surface area contributed by atoms with E-state index in [1.54, 1.807) is 38.5 Å². The van der Waals surface area contributed by atoms with Crippen molar-refractivity contribution in [2.24, 2.45) is 4.99 Å². The second-order valence-electron chi connectivity index (χ2n) is 7.59. The SMILES string of the molecule is CCCCCCCCOc1ccc(C=C2N=C(c3ccc(OC)c(OC)c3)OC2=O)cc1. The van der Waals surface area contributed by atoms with Gasteiger partial charge in [0.25, 0.3) is 0 Å². The molecule has 0 unspecified atom stereocenters. The first-order valence-corrected chi connectivity index (χ1v) is 11.1. The van der Waals surface area contributed by atoms with E-state index in [1.807, 2.05) is 24.3 Å². The zero-order valence-corrected chi connectivity index (χ0v) is 19.1. The summed E-state index contributed by atoms with van der Waals surface area (Å²) in [6, 6.07) is 12.9. The fourth-order valence-electron chi connectivity index (χ4n) is 3.39. The molecule has 170 valence electrons. The average Bonchev–Trinajstić information content (AvgIpc) is 3.19. The summed E-state index contributed by atoms with van der Waals surface area (Å²) in [6.45, 7) is 2.94. The fraction of sp³-hybridized carbons (Fsp3) is 0.385. The molecule has 0 radical (unpaired) electrons. The van der Waals surface area contributed by atoms with E-state index < -0.39 is 5.97 Å². The van der Waals surface area contributed by atoms with Crippen LogP contribution >= 0.6 is 0 Å². The third kappa shape index (κ3) is 6.36. The van der Waals surface area contributed by atoms with E-state index in [2.05, 4.69) is 11.9 Å². The van der Waals surface area contributed by atoms with Crippen LogP contribution in [0.4, 0.5) is 0 Å². The Labute approximate surface area is 189 Å². The lowest BCUT2D eigenvalue weighted by Crippen LogP contribution is -2.06. The van der Waals surface area contributed by atoms with E-state index in [9.17, 15) is 4.79 Å². The number of cyclic esters (lactones) is 1. The Morgan fingerprint density at radius 3 is 2.34 bits per heavy atom. The number of carbonyl (C=O) groups excluding carboxylic acids is 1. The lowest BCUT2D eigenvalue weighted by molar-refractivity contribution is -0.129. The standard InChI is InChI=1S/C26H31NO5/c1-4-5-6-7-8-9-16-31-21-13-10-19(11-14-21)17-22-26(28)32-25(27-22)20-12-15-23(29-2)24(18-20)30-3/h10-15,17-18H,4-9,16H2,1-3H3. The van der Waals surface area contributed by atoms with Crippen molar-refractivity contribution in [3.8, 4) is 17.2 Å². The number of aliphatic imine (C=N–C) groups is 1. The Morgan fingerprint density at radius 2 is 1.62 bits per heavy atom. The number of carbonyl (C=O) groups is 1. The van der Waals surface area contributed by atoms with Gasteiger partial charge in [-0.2, -0.15) is 0 Å². The molecule has 3 rings (SSSR count). The highest BCUT2D eigenvalue weighted by molar-refractivity contribution is 6.13. The molecule has 0 bridgehead atoms. The van der Waals surface area contributed by atoms with Crippen molar-refractivity contribution in [1.82, 2.24) is 0 Å². The van der Waals surface area contributed by atoms with Gasteiger partial charge in [0.05, 0.1) is 20.8 Å². The van der Waals surface area contributed by atoms with Gasteiger partial charge in [0.15, 0.2) is 17.2 Å². The van der Waals surface area contributed by atoms with Crippen LogP contribution in [0.2, 0.25) is 0 Å². The molecule has 0 aromatic heterocycles. The number of nitrogens with zero attached hydrogens (tertiary/aromatic N) is 1. The van der Waals surface area contributed by atoms with Crippen LogP contribution < -0.4 is 14.2 Å². The minimum atomic E-state index is -0.488. The number of hydrogen-bond acceptors (Lipinski definition) is 6. The Balaban J connectivity index is 1.59. The third-order valence-electron chi connectivity index (χ3n) is 5.20. The van der Waals surface area contributed by atoms with Crippen LogP contribution in [-0.2, 0) is 9.53 Å². The first-order chi connectivity index (χ1) is 15.6. The molecule has 32 heavy (non-hydrogen) atoms. The lowest BCUT2D eigenvalue weighted by atomic mass is 10.1. The van der Waals surface area contributed by atoms with Crippen molar-refractivity contribution < 1.29 is 23.7 Å². The summed E-state index contributed by atoms with van der Waals surface area (Å²) in [7, 11) is 3.12. The topological polar surface area (TPSA) is 66.3 Å². The zero-order chi connectivity index (χ0) is 22.8. The largest absolute Gasteiger partial charge is 0.494 e. The van der Waals surface area contributed by atoms with Crippen molar-refractivity contribution in [3.63, 3.8) is 0 Å². The van der Waals surface area contributed by atoms with Gasteiger partial charge in [0, 0.05) is 5.56 Å². The van der Waals surface area contributed by atoms with Crippen LogP contribution in [0.15, 0.2) is 53.2 Å². The average molecular weight is 438 g/mol. The van der Waals surface area contributed by atoms with Crippen molar-refractivity contribution in [2.45, 2.75) is 45.4 Å². The number of methoxy groups -OCH3 is 2. The number of benzene rings is 2. The van der Waals surface area contributed by atoms with Gasteiger partial charge in [-0.05, 0) is 48.4 Å². The second kappa shape index (κ2) is 11.9. The maximum Gasteiger partial charge on any atom is 0.363 e. The summed E-state index contributed by atoms with van der Waals surface area (Å²) in [5.74, 6) is 1.71. The molecule has 0 N–H and O–H groups in total. The molecule has 6 nitrogen and oxygen atoms in total. The van der Waals surface area contributed by atoms with Crippen LogP contribution in [0.5, 0.6) is 17.2 Å². The number of esters is 1. The number of unbranched alkanes of at least 4 members (excludes halogenated alkanes) is 5. The van der Waals surface area contributed by atoms with Crippen molar-refractivity contribution in [3.05, 3.63) is 59.3 Å². The van der Waals surface area contributed by atoms with E-state index in [0.29, 0.717) is 17.1 Å². The van der Waals surface area contributed by atoms with Crippen LogP contribution in [0.25, 0.3) is 6.08 Å². The Kier molecular flexibility index (Phi) is 8.72. The monoisotopic (exact) mass is 437 g/mol. The molecule has 2 aromatic carbocycles. The van der Waals surface area contributed by atoms with E-state index >= 15 is 0 Å². The molecule has 0 aliphatic carbocycles. The molecule has 1 aliphatic rings. The molecular formula is C26H31NO5. The van der Waals surface area contributed by atoms with Gasteiger partial charge in [-0.15, -0.1) is 0 Å². The molecule has 0 saturated carbocycles. The van der Waals surface area contributed by atoms with Crippen LogP contribution in [0, 0.1) is 0 Å². The van der Waals surface area contributed by atoms with Gasteiger partial charge in [-0.25, -0.2) is 9.79 Å². The second-order valence-corrected chi connectivity index (χ2v) is 7.59. The van der Waals surface area contributed by atoms with E-state index in [-0.39, 0.29) is 11.6 Å². The number of hydrogen-bond donors (Lipinski definition) is 0. The lowest BCUT2D eigenvalue weighted by Gasteiger charge is -2.08. The summed E-state index contributed by atoms with van der Waals surface area (Å²) < 4.78 is 21.7. The molecule has 0 atom stereocenters. The number of ether oxygens (including phenoxy) is 4. The quantitative estimate of drug-likeness (QED) is 0.239. The molecule has 0 spiro atoms. The van der Waals surface area contributed by atoms with Gasteiger partial charge in [0.2, 0.25) is 5.90 Å². The van der Waals surface area contributed by atoms with Crippen molar-refractivity contribution >= 4 is 17.9 Å². The maximum absolute atomic E-state index is 12.3. The zero-order valence-electron chi connectivity index (χ0n) is 19.1. The minimum absolute atomic E-state index is 0.237. The van der Waals surface area contributed by atoms with Crippen molar-refractivity contribution in [2.75, 3.05) is 20.8 Å². The maximum atomic E-state index is 12.3.